The molecule has 3 heteroatoms. The molecule has 0 fully saturated rings. The summed E-state index contributed by atoms with van der Waals surface area (Å²) in [5.41, 5.74) is 2.13. The van der Waals surface area contributed by atoms with Crippen molar-refractivity contribution in [3.63, 3.8) is 0 Å². The largest absolute Gasteiger partial charge is 0.380 e. The Morgan fingerprint density at radius 2 is 1.55 bits per heavy atom. The summed E-state index contributed by atoms with van der Waals surface area (Å²) in [4.78, 5) is 0. The number of rotatable bonds is 3. The average molecular weight is 330 g/mol. The number of nitrogens with one attached hydrogen (secondary N) is 1. The van der Waals surface area contributed by atoms with E-state index in [1.54, 1.807) is 12.1 Å². The molecule has 0 bridgehead atoms. The molecule has 0 saturated carbocycles. The number of benzene rings is 3. The van der Waals surface area contributed by atoms with Crippen LogP contribution in [0.4, 0.5) is 10.1 Å². The maximum absolute atomic E-state index is 12.9. The van der Waals surface area contributed by atoms with Gasteiger partial charge in [0, 0.05) is 22.1 Å². The van der Waals surface area contributed by atoms with E-state index in [4.69, 9.17) is 0 Å². The first-order chi connectivity index (χ1) is 9.74. The molecule has 3 aromatic carbocycles. The summed E-state index contributed by atoms with van der Waals surface area (Å²) >= 11 is 3.57. The third-order valence-electron chi connectivity index (χ3n) is 3.27. The van der Waals surface area contributed by atoms with E-state index in [0.29, 0.717) is 6.54 Å². The van der Waals surface area contributed by atoms with Gasteiger partial charge in [-0.15, -0.1) is 0 Å². The number of fused-ring (bicyclic) bond motifs is 1. The molecule has 0 aliphatic carbocycles. The first-order valence-corrected chi connectivity index (χ1v) is 7.19. The number of hydrogen-bond acceptors (Lipinski definition) is 1. The molecule has 3 aromatic rings. The van der Waals surface area contributed by atoms with Crippen LogP contribution >= 0.6 is 15.9 Å². The molecule has 1 N–H and O–H groups in total. The zero-order valence-electron chi connectivity index (χ0n) is 10.7. The van der Waals surface area contributed by atoms with E-state index in [-0.39, 0.29) is 5.82 Å². The van der Waals surface area contributed by atoms with E-state index in [1.807, 2.05) is 18.2 Å². The molecular formula is C17H13BrFN. The SMILES string of the molecule is Fc1ccc(CNc2ccc(Br)c3ccccc23)cc1. The van der Waals surface area contributed by atoms with Crippen molar-refractivity contribution in [3.8, 4) is 0 Å². The summed E-state index contributed by atoms with van der Waals surface area (Å²) in [5, 5.41) is 5.76. The van der Waals surface area contributed by atoms with Crippen molar-refractivity contribution in [2.45, 2.75) is 6.54 Å². The summed E-state index contributed by atoms with van der Waals surface area (Å²) in [6.45, 7) is 0.673. The second-order valence-corrected chi connectivity index (χ2v) is 5.47. The Kier molecular flexibility index (Phi) is 3.70. The first-order valence-electron chi connectivity index (χ1n) is 6.39. The molecule has 1 nitrogen and oxygen atoms in total. The normalized spacial score (nSPS) is 10.7. The predicted molar refractivity (Wildman–Crippen MR) is 85.4 cm³/mol. The smallest absolute Gasteiger partial charge is 0.123 e. The Bertz CT molecular complexity index is 738. The van der Waals surface area contributed by atoms with Gasteiger partial charge in [0.2, 0.25) is 0 Å². The van der Waals surface area contributed by atoms with Crippen LogP contribution in [-0.4, -0.2) is 0 Å². The third kappa shape index (κ3) is 2.68. The van der Waals surface area contributed by atoms with Gasteiger partial charge in [0.1, 0.15) is 5.82 Å². The van der Waals surface area contributed by atoms with Gasteiger partial charge in [-0.05, 0) is 35.2 Å². The number of hydrogen-bond donors (Lipinski definition) is 1. The first kappa shape index (κ1) is 13.1. The Morgan fingerprint density at radius 1 is 0.850 bits per heavy atom. The second kappa shape index (κ2) is 5.63. The van der Waals surface area contributed by atoms with Gasteiger partial charge in [-0.3, -0.25) is 0 Å². The Labute approximate surface area is 125 Å². The van der Waals surface area contributed by atoms with E-state index in [2.05, 4.69) is 39.4 Å². The van der Waals surface area contributed by atoms with Crippen LogP contribution in [0.5, 0.6) is 0 Å². The predicted octanol–water partition coefficient (Wildman–Crippen LogP) is 5.35. The van der Waals surface area contributed by atoms with Gasteiger partial charge in [0.05, 0.1) is 0 Å². The minimum absolute atomic E-state index is 0.206. The highest BCUT2D eigenvalue weighted by atomic mass is 79.9. The topological polar surface area (TPSA) is 12.0 Å². The van der Waals surface area contributed by atoms with E-state index < -0.39 is 0 Å². The van der Waals surface area contributed by atoms with Crippen molar-refractivity contribution < 1.29 is 4.39 Å². The van der Waals surface area contributed by atoms with Crippen LogP contribution in [0.2, 0.25) is 0 Å². The van der Waals surface area contributed by atoms with Crippen LogP contribution in [0, 0.1) is 5.82 Å². The second-order valence-electron chi connectivity index (χ2n) is 4.62. The zero-order valence-corrected chi connectivity index (χ0v) is 12.3. The van der Waals surface area contributed by atoms with Crippen molar-refractivity contribution in [1.82, 2.24) is 0 Å². The summed E-state index contributed by atoms with van der Waals surface area (Å²) < 4.78 is 14.0. The molecule has 0 aromatic heterocycles. The van der Waals surface area contributed by atoms with E-state index in [9.17, 15) is 4.39 Å². The van der Waals surface area contributed by atoms with Crippen molar-refractivity contribution in [2.24, 2.45) is 0 Å². The van der Waals surface area contributed by atoms with Crippen LogP contribution in [0.1, 0.15) is 5.56 Å². The zero-order chi connectivity index (χ0) is 13.9. The van der Waals surface area contributed by atoms with Crippen molar-refractivity contribution in [1.29, 1.82) is 0 Å². The van der Waals surface area contributed by atoms with Gasteiger partial charge in [0.15, 0.2) is 0 Å². The third-order valence-corrected chi connectivity index (χ3v) is 3.96. The van der Waals surface area contributed by atoms with Crippen LogP contribution < -0.4 is 5.32 Å². The molecule has 20 heavy (non-hydrogen) atoms. The van der Waals surface area contributed by atoms with Gasteiger partial charge in [-0.2, -0.15) is 0 Å². The monoisotopic (exact) mass is 329 g/mol. The lowest BCUT2D eigenvalue weighted by Crippen LogP contribution is -2.00. The van der Waals surface area contributed by atoms with Crippen molar-refractivity contribution in [3.05, 3.63) is 76.5 Å². The molecule has 3 rings (SSSR count). The lowest BCUT2D eigenvalue weighted by molar-refractivity contribution is 0.627. The lowest BCUT2D eigenvalue weighted by atomic mass is 10.1. The molecule has 0 aliphatic heterocycles. The highest BCUT2D eigenvalue weighted by molar-refractivity contribution is 9.10. The molecule has 100 valence electrons. The van der Waals surface area contributed by atoms with Gasteiger partial charge in [-0.1, -0.05) is 52.3 Å². The van der Waals surface area contributed by atoms with E-state index in [0.717, 1.165) is 15.7 Å². The molecule has 0 amide bonds. The maximum Gasteiger partial charge on any atom is 0.123 e. The fraction of sp³-hybridized carbons (Fsp3) is 0.0588. The quantitative estimate of drug-likeness (QED) is 0.682. The molecule has 0 aliphatic rings. The Hall–Kier alpha value is -1.87. The van der Waals surface area contributed by atoms with Gasteiger partial charge < -0.3 is 5.32 Å². The molecule has 0 saturated heterocycles. The fourth-order valence-electron chi connectivity index (χ4n) is 2.22. The summed E-state index contributed by atoms with van der Waals surface area (Å²) in [5.74, 6) is -0.206. The summed E-state index contributed by atoms with van der Waals surface area (Å²) in [6, 6.07) is 18.9. The van der Waals surface area contributed by atoms with Crippen molar-refractivity contribution >= 4 is 32.4 Å². The van der Waals surface area contributed by atoms with Crippen LogP contribution in [-0.2, 0) is 6.54 Å². The number of halogens is 2. The average Bonchev–Trinajstić information content (AvgIpc) is 2.49. The standard InChI is InChI=1S/C17H13BrFN/c18-16-9-10-17(15-4-2-1-3-14(15)16)20-11-12-5-7-13(19)8-6-12/h1-10,20H,11H2. The highest BCUT2D eigenvalue weighted by Crippen LogP contribution is 2.30. The maximum atomic E-state index is 12.9. The molecule has 0 spiro atoms. The fourth-order valence-corrected chi connectivity index (χ4v) is 2.69. The number of anilines is 1. The minimum atomic E-state index is -0.206. The summed E-state index contributed by atoms with van der Waals surface area (Å²) in [7, 11) is 0. The lowest BCUT2D eigenvalue weighted by Gasteiger charge is -2.11. The Balaban J connectivity index is 1.88. The van der Waals surface area contributed by atoms with E-state index >= 15 is 0 Å². The van der Waals surface area contributed by atoms with Gasteiger partial charge in [-0.25, -0.2) is 4.39 Å². The Morgan fingerprint density at radius 3 is 2.30 bits per heavy atom. The minimum Gasteiger partial charge on any atom is -0.380 e. The van der Waals surface area contributed by atoms with Gasteiger partial charge >= 0.3 is 0 Å². The van der Waals surface area contributed by atoms with Crippen LogP contribution in [0.3, 0.4) is 0 Å². The van der Waals surface area contributed by atoms with Crippen molar-refractivity contribution in [2.75, 3.05) is 5.32 Å². The molecule has 0 radical (unpaired) electrons. The molecule has 0 unspecified atom stereocenters. The van der Waals surface area contributed by atoms with Gasteiger partial charge in [0.25, 0.3) is 0 Å². The molecular weight excluding hydrogens is 317 g/mol. The molecule has 0 atom stereocenters. The summed E-state index contributed by atoms with van der Waals surface area (Å²) in [6.07, 6.45) is 0. The van der Waals surface area contributed by atoms with Crippen LogP contribution in [0.15, 0.2) is 65.1 Å². The highest BCUT2D eigenvalue weighted by Gasteiger charge is 2.03. The molecule has 0 heterocycles. The van der Waals surface area contributed by atoms with E-state index in [1.165, 1.54) is 22.9 Å². The van der Waals surface area contributed by atoms with Crippen LogP contribution in [0.25, 0.3) is 10.8 Å².